The van der Waals surface area contributed by atoms with Gasteiger partial charge in [-0.3, -0.25) is 4.79 Å². The third-order valence-corrected chi connectivity index (χ3v) is 3.87. The first kappa shape index (κ1) is 15.1. The van der Waals surface area contributed by atoms with Crippen molar-refractivity contribution in [2.45, 2.75) is 20.3 Å². The minimum Gasteiger partial charge on any atom is -0.496 e. The number of rotatable bonds is 4. The number of imidazole rings is 1. The molecule has 3 rings (SSSR count). The Hall–Kier alpha value is -2.82. The number of hydrogen-bond donors (Lipinski definition) is 1. The van der Waals surface area contributed by atoms with Crippen LogP contribution in [-0.2, 0) is 11.2 Å². The average molecular weight is 310 g/mol. The van der Waals surface area contributed by atoms with E-state index in [1.165, 1.54) is 0 Å². The van der Waals surface area contributed by atoms with E-state index in [-0.39, 0.29) is 6.42 Å². The van der Waals surface area contributed by atoms with Gasteiger partial charge in [0.25, 0.3) is 0 Å². The van der Waals surface area contributed by atoms with E-state index in [1.54, 1.807) is 7.11 Å². The number of aryl methyl sites for hydroxylation is 2. The highest BCUT2D eigenvalue weighted by atomic mass is 16.5. The Labute approximate surface area is 134 Å². The fourth-order valence-electron chi connectivity index (χ4n) is 2.77. The first-order valence-corrected chi connectivity index (χ1v) is 7.34. The predicted molar refractivity (Wildman–Crippen MR) is 88.0 cm³/mol. The Balaban J connectivity index is 2.22. The van der Waals surface area contributed by atoms with Crippen LogP contribution >= 0.6 is 0 Å². The summed E-state index contributed by atoms with van der Waals surface area (Å²) in [5.41, 5.74) is 5.09. The second-order valence-electron chi connectivity index (χ2n) is 5.59. The van der Waals surface area contributed by atoms with Crippen LogP contribution in [0.4, 0.5) is 0 Å². The van der Waals surface area contributed by atoms with Crippen LogP contribution in [0.5, 0.6) is 5.75 Å². The van der Waals surface area contributed by atoms with E-state index in [0.29, 0.717) is 11.4 Å². The number of carboxylic acid groups (broad SMARTS) is 1. The molecule has 0 aliphatic carbocycles. The molecule has 0 bridgehead atoms. The summed E-state index contributed by atoms with van der Waals surface area (Å²) in [6.07, 6.45) is 1.79. The first-order valence-electron chi connectivity index (χ1n) is 7.34. The molecule has 0 radical (unpaired) electrons. The highest BCUT2D eigenvalue weighted by Crippen LogP contribution is 2.29. The summed E-state index contributed by atoms with van der Waals surface area (Å²) in [6, 6.07) is 9.66. The number of hydrogen-bond acceptors (Lipinski definition) is 3. The average Bonchev–Trinajstić information content (AvgIpc) is 2.84. The van der Waals surface area contributed by atoms with Gasteiger partial charge in [-0.2, -0.15) is 0 Å². The van der Waals surface area contributed by atoms with E-state index in [4.69, 9.17) is 4.74 Å². The molecule has 0 aliphatic heterocycles. The Morgan fingerprint density at radius 3 is 2.70 bits per heavy atom. The van der Waals surface area contributed by atoms with Crippen molar-refractivity contribution in [2.75, 3.05) is 7.11 Å². The maximum absolute atomic E-state index is 11.3. The zero-order chi connectivity index (χ0) is 16.6. The van der Waals surface area contributed by atoms with Gasteiger partial charge in [0.1, 0.15) is 11.4 Å². The van der Waals surface area contributed by atoms with Gasteiger partial charge >= 0.3 is 5.97 Å². The van der Waals surface area contributed by atoms with Gasteiger partial charge in [0.15, 0.2) is 0 Å². The van der Waals surface area contributed by atoms with Crippen LogP contribution in [0.25, 0.3) is 16.9 Å². The summed E-state index contributed by atoms with van der Waals surface area (Å²) in [6.45, 7) is 3.95. The van der Waals surface area contributed by atoms with Crippen molar-refractivity contribution in [1.29, 1.82) is 0 Å². The molecule has 0 saturated heterocycles. The Bertz CT molecular complexity index is 897. The largest absolute Gasteiger partial charge is 0.496 e. The van der Waals surface area contributed by atoms with Crippen LogP contribution in [0.1, 0.15) is 16.8 Å². The molecule has 23 heavy (non-hydrogen) atoms. The minimum atomic E-state index is -0.876. The third kappa shape index (κ3) is 2.77. The van der Waals surface area contributed by atoms with Crippen molar-refractivity contribution >= 4 is 11.6 Å². The van der Waals surface area contributed by atoms with Crippen LogP contribution in [-0.4, -0.2) is 27.6 Å². The summed E-state index contributed by atoms with van der Waals surface area (Å²) in [5.74, 6) is -0.0769. The van der Waals surface area contributed by atoms with Gasteiger partial charge in [-0.25, -0.2) is 4.98 Å². The molecular weight excluding hydrogens is 292 g/mol. The normalized spacial score (nSPS) is 10.9. The lowest BCUT2D eigenvalue weighted by Crippen LogP contribution is -2.04. The Morgan fingerprint density at radius 2 is 2.04 bits per heavy atom. The lowest BCUT2D eigenvalue weighted by atomic mass is 10.1. The molecule has 0 aliphatic rings. The van der Waals surface area contributed by atoms with Crippen molar-refractivity contribution in [2.24, 2.45) is 0 Å². The fraction of sp³-hybridized carbons (Fsp3) is 0.222. The second-order valence-corrected chi connectivity index (χ2v) is 5.59. The molecule has 0 saturated carbocycles. The fourth-order valence-corrected chi connectivity index (χ4v) is 2.77. The topological polar surface area (TPSA) is 63.8 Å². The highest BCUT2D eigenvalue weighted by Gasteiger charge is 2.17. The Kier molecular flexibility index (Phi) is 3.78. The highest BCUT2D eigenvalue weighted by molar-refractivity contribution is 5.76. The third-order valence-electron chi connectivity index (χ3n) is 3.87. The molecule has 1 N–H and O–H groups in total. The number of carboxylic acids is 1. The number of carbonyl (C=O) groups is 1. The molecule has 5 nitrogen and oxygen atoms in total. The van der Waals surface area contributed by atoms with E-state index in [1.807, 2.05) is 54.8 Å². The molecule has 1 aromatic carbocycles. The number of benzene rings is 1. The zero-order valence-corrected chi connectivity index (χ0v) is 13.3. The number of methoxy groups -OCH3 is 1. The second kappa shape index (κ2) is 5.76. The summed E-state index contributed by atoms with van der Waals surface area (Å²) in [7, 11) is 1.63. The molecular formula is C18H18N2O3. The summed E-state index contributed by atoms with van der Waals surface area (Å²) in [5, 5.41) is 9.25. The quantitative estimate of drug-likeness (QED) is 0.803. The smallest absolute Gasteiger partial charge is 0.309 e. The van der Waals surface area contributed by atoms with E-state index < -0.39 is 5.97 Å². The molecule has 0 unspecified atom stereocenters. The number of nitrogens with zero attached hydrogens (tertiary/aromatic N) is 2. The number of ether oxygens (including phenoxy) is 1. The number of pyridine rings is 1. The van der Waals surface area contributed by atoms with Gasteiger partial charge in [0.2, 0.25) is 0 Å². The van der Waals surface area contributed by atoms with E-state index in [0.717, 1.165) is 28.1 Å². The van der Waals surface area contributed by atoms with Crippen LogP contribution in [0.3, 0.4) is 0 Å². The summed E-state index contributed by atoms with van der Waals surface area (Å²) >= 11 is 0. The standard InChI is InChI=1S/C18H18N2O3/c1-11-6-7-20-14(10-17(21)22)18(19-16(20)8-11)13-4-5-15(23-3)12(2)9-13/h4-9H,10H2,1-3H3,(H,21,22). The SMILES string of the molecule is COc1ccc(-c2nc3cc(C)ccn3c2CC(=O)O)cc1C. The minimum absolute atomic E-state index is 0.0787. The van der Waals surface area contributed by atoms with E-state index >= 15 is 0 Å². The van der Waals surface area contributed by atoms with Gasteiger partial charge in [-0.05, 0) is 55.3 Å². The molecule has 5 heteroatoms. The van der Waals surface area contributed by atoms with E-state index in [9.17, 15) is 9.90 Å². The van der Waals surface area contributed by atoms with Gasteiger partial charge in [-0.1, -0.05) is 0 Å². The zero-order valence-electron chi connectivity index (χ0n) is 13.3. The van der Waals surface area contributed by atoms with Crippen LogP contribution in [0, 0.1) is 13.8 Å². The maximum Gasteiger partial charge on any atom is 0.309 e. The molecule has 0 atom stereocenters. The molecule has 118 valence electrons. The van der Waals surface area contributed by atoms with Gasteiger partial charge < -0.3 is 14.2 Å². The Morgan fingerprint density at radius 1 is 1.26 bits per heavy atom. The summed E-state index contributed by atoms with van der Waals surface area (Å²) < 4.78 is 7.13. The first-order chi connectivity index (χ1) is 11.0. The van der Waals surface area contributed by atoms with Crippen LogP contribution in [0.2, 0.25) is 0 Å². The molecule has 2 aromatic heterocycles. The molecule has 0 spiro atoms. The molecule has 0 amide bonds. The van der Waals surface area contributed by atoms with Gasteiger partial charge in [-0.15, -0.1) is 0 Å². The van der Waals surface area contributed by atoms with Gasteiger partial charge in [0, 0.05) is 11.8 Å². The number of fused-ring (bicyclic) bond motifs is 1. The lowest BCUT2D eigenvalue weighted by Gasteiger charge is -2.07. The van der Waals surface area contributed by atoms with E-state index in [2.05, 4.69) is 4.98 Å². The lowest BCUT2D eigenvalue weighted by molar-refractivity contribution is -0.136. The summed E-state index contributed by atoms with van der Waals surface area (Å²) in [4.78, 5) is 15.9. The molecule has 0 fully saturated rings. The monoisotopic (exact) mass is 310 g/mol. The van der Waals surface area contributed by atoms with Crippen molar-refractivity contribution in [3.63, 3.8) is 0 Å². The van der Waals surface area contributed by atoms with Gasteiger partial charge in [0.05, 0.1) is 24.9 Å². The van der Waals surface area contributed by atoms with Crippen molar-refractivity contribution in [3.05, 3.63) is 53.3 Å². The number of aromatic nitrogens is 2. The molecule has 2 heterocycles. The predicted octanol–water partition coefficient (Wildman–Crippen LogP) is 3.25. The maximum atomic E-state index is 11.3. The van der Waals surface area contributed by atoms with Crippen molar-refractivity contribution in [3.8, 4) is 17.0 Å². The van der Waals surface area contributed by atoms with Crippen molar-refractivity contribution in [1.82, 2.24) is 9.38 Å². The van der Waals surface area contributed by atoms with Crippen LogP contribution in [0.15, 0.2) is 36.5 Å². The molecule has 3 aromatic rings. The van der Waals surface area contributed by atoms with Crippen molar-refractivity contribution < 1.29 is 14.6 Å². The van der Waals surface area contributed by atoms with Crippen LogP contribution < -0.4 is 4.74 Å². The number of aliphatic carboxylic acids is 1.